The number of aromatic amines is 1. The molecule has 4 aromatic rings. The number of benzene rings is 2. The molecule has 1 fully saturated rings. The largest absolute Gasteiger partial charge is 0.334 e. The van der Waals surface area contributed by atoms with Crippen LogP contribution in [0.2, 0.25) is 0 Å². The summed E-state index contributed by atoms with van der Waals surface area (Å²) in [6, 6.07) is 17.8. The van der Waals surface area contributed by atoms with E-state index in [0.717, 1.165) is 40.9 Å². The number of H-pyrrole nitrogens is 1. The van der Waals surface area contributed by atoms with Crippen LogP contribution in [0.3, 0.4) is 0 Å². The van der Waals surface area contributed by atoms with Gasteiger partial charge in [-0.3, -0.25) is 9.20 Å². The first-order chi connectivity index (χ1) is 15.2. The third-order valence-electron chi connectivity index (χ3n) is 6.51. The number of likely N-dealkylation sites (tertiary alicyclic amines) is 1. The van der Waals surface area contributed by atoms with Crippen molar-refractivity contribution in [3.63, 3.8) is 0 Å². The molecule has 2 N–H and O–H groups in total. The minimum absolute atomic E-state index is 0.108. The molecule has 1 aliphatic heterocycles. The molecule has 154 valence electrons. The van der Waals surface area contributed by atoms with E-state index in [0.29, 0.717) is 18.7 Å². The highest BCUT2D eigenvalue weighted by Crippen LogP contribution is 2.54. The molecule has 2 aromatic heterocycles. The van der Waals surface area contributed by atoms with Gasteiger partial charge in [-0.25, -0.2) is 9.78 Å². The Hall–Kier alpha value is -3.87. The Bertz CT molecular complexity index is 1370. The van der Waals surface area contributed by atoms with Crippen LogP contribution >= 0.6 is 0 Å². The van der Waals surface area contributed by atoms with Crippen LogP contribution < -0.4 is 10.9 Å². The summed E-state index contributed by atoms with van der Waals surface area (Å²) in [5.41, 5.74) is 4.23. The molecular weight excluding hydrogens is 390 g/mol. The molecule has 2 aromatic carbocycles. The topological polar surface area (TPSA) is 82.5 Å². The number of nitrogens with one attached hydrogen (secondary N) is 2. The number of urea groups is 1. The van der Waals surface area contributed by atoms with Gasteiger partial charge in [0.1, 0.15) is 5.54 Å². The van der Waals surface area contributed by atoms with E-state index >= 15 is 0 Å². The smallest absolute Gasteiger partial charge is 0.318 e. The predicted molar refractivity (Wildman–Crippen MR) is 117 cm³/mol. The normalized spacial score (nSPS) is 19.0. The average molecular weight is 411 g/mol. The fraction of sp³-hybridized carbons (Fsp3) is 0.208. The lowest BCUT2D eigenvalue weighted by Gasteiger charge is -2.37. The summed E-state index contributed by atoms with van der Waals surface area (Å²) >= 11 is 0. The Morgan fingerprint density at radius 2 is 1.94 bits per heavy atom. The van der Waals surface area contributed by atoms with Crippen molar-refractivity contribution in [2.45, 2.75) is 24.9 Å². The van der Waals surface area contributed by atoms with Crippen LogP contribution in [-0.2, 0) is 12.1 Å². The molecule has 2 aliphatic rings. The second kappa shape index (κ2) is 6.57. The van der Waals surface area contributed by atoms with Crippen molar-refractivity contribution in [2.24, 2.45) is 0 Å². The number of aromatic nitrogens is 3. The van der Waals surface area contributed by atoms with Crippen LogP contribution in [0.5, 0.6) is 0 Å². The van der Waals surface area contributed by atoms with Gasteiger partial charge in [0.2, 0.25) is 5.65 Å². The maximum absolute atomic E-state index is 13.5. The van der Waals surface area contributed by atoms with E-state index < -0.39 is 5.54 Å². The molecule has 0 bridgehead atoms. The minimum Gasteiger partial charge on any atom is -0.334 e. The molecule has 3 heterocycles. The van der Waals surface area contributed by atoms with E-state index in [9.17, 15) is 9.59 Å². The Kier molecular flexibility index (Phi) is 3.80. The second-order valence-corrected chi connectivity index (χ2v) is 8.10. The molecule has 2 amide bonds. The maximum Gasteiger partial charge on any atom is 0.318 e. The highest BCUT2D eigenvalue weighted by molar-refractivity contribution is 5.83. The zero-order valence-electron chi connectivity index (χ0n) is 16.8. The summed E-state index contributed by atoms with van der Waals surface area (Å²) < 4.78 is 1.86. The molecular formula is C24H21N5O2. The Morgan fingerprint density at radius 1 is 1.13 bits per heavy atom. The van der Waals surface area contributed by atoms with Gasteiger partial charge >= 0.3 is 6.03 Å². The molecule has 6 rings (SSSR count). The molecule has 0 radical (unpaired) electrons. The fourth-order valence-corrected chi connectivity index (χ4v) is 5.28. The SMILES string of the molecule is O=C(NCc1ccccc1)N1CCCC12c1ccccc1-c1[nH]c(=O)c3nccn3c12. The van der Waals surface area contributed by atoms with Gasteiger partial charge in [0.05, 0.1) is 11.4 Å². The monoisotopic (exact) mass is 411 g/mol. The van der Waals surface area contributed by atoms with Gasteiger partial charge < -0.3 is 15.2 Å². The summed E-state index contributed by atoms with van der Waals surface area (Å²) in [5, 5.41) is 3.10. The van der Waals surface area contributed by atoms with Gasteiger partial charge in [0.15, 0.2) is 0 Å². The average Bonchev–Trinajstić information content (AvgIpc) is 3.52. The van der Waals surface area contributed by atoms with Crippen LogP contribution in [0.15, 0.2) is 71.8 Å². The third-order valence-corrected chi connectivity index (χ3v) is 6.51. The number of fused-ring (bicyclic) bond motifs is 7. The van der Waals surface area contributed by atoms with Crippen molar-refractivity contribution < 1.29 is 4.79 Å². The Morgan fingerprint density at radius 3 is 2.81 bits per heavy atom. The van der Waals surface area contributed by atoms with Crippen molar-refractivity contribution in [3.05, 3.63) is 94.2 Å². The van der Waals surface area contributed by atoms with Gasteiger partial charge in [-0.05, 0) is 24.0 Å². The maximum atomic E-state index is 13.5. The summed E-state index contributed by atoms with van der Waals surface area (Å²) in [6.07, 6.45) is 5.11. The van der Waals surface area contributed by atoms with E-state index in [2.05, 4.69) is 21.4 Å². The van der Waals surface area contributed by atoms with Gasteiger partial charge in [-0.2, -0.15) is 0 Å². The first kappa shape index (κ1) is 17.9. The second-order valence-electron chi connectivity index (χ2n) is 8.10. The third kappa shape index (κ3) is 2.43. The molecule has 31 heavy (non-hydrogen) atoms. The quantitative estimate of drug-likeness (QED) is 0.531. The highest BCUT2D eigenvalue weighted by Gasteiger charge is 2.54. The zero-order chi connectivity index (χ0) is 21.0. The summed E-state index contributed by atoms with van der Waals surface area (Å²) in [7, 11) is 0. The van der Waals surface area contributed by atoms with Crippen LogP contribution in [-0.4, -0.2) is 31.8 Å². The van der Waals surface area contributed by atoms with E-state index in [4.69, 9.17) is 0 Å². The van der Waals surface area contributed by atoms with Crippen LogP contribution in [0, 0.1) is 0 Å². The number of nitrogens with zero attached hydrogens (tertiary/aromatic N) is 3. The molecule has 0 saturated carbocycles. The summed E-state index contributed by atoms with van der Waals surface area (Å²) in [4.78, 5) is 35.3. The van der Waals surface area contributed by atoms with Crippen molar-refractivity contribution in [1.82, 2.24) is 24.6 Å². The molecule has 7 nitrogen and oxygen atoms in total. The van der Waals surface area contributed by atoms with Gasteiger partial charge in [-0.15, -0.1) is 0 Å². The number of carbonyl (C=O) groups is 1. The number of amides is 2. The van der Waals surface area contributed by atoms with E-state index in [1.807, 2.05) is 64.0 Å². The summed E-state index contributed by atoms with van der Waals surface area (Å²) in [5.74, 6) is 0. The van der Waals surface area contributed by atoms with Crippen molar-refractivity contribution in [1.29, 1.82) is 0 Å². The van der Waals surface area contributed by atoms with Crippen molar-refractivity contribution in [3.8, 4) is 11.3 Å². The molecule has 7 heteroatoms. The lowest BCUT2D eigenvalue weighted by molar-refractivity contribution is 0.165. The van der Waals surface area contributed by atoms with Crippen LogP contribution in [0.25, 0.3) is 16.9 Å². The molecule has 1 saturated heterocycles. The first-order valence-electron chi connectivity index (χ1n) is 10.5. The molecule has 1 atom stereocenters. The predicted octanol–water partition coefficient (Wildman–Crippen LogP) is 3.25. The van der Waals surface area contributed by atoms with Gasteiger partial charge in [0, 0.05) is 31.0 Å². The van der Waals surface area contributed by atoms with Crippen LogP contribution in [0.1, 0.15) is 29.7 Å². The van der Waals surface area contributed by atoms with E-state index in [1.165, 1.54) is 0 Å². The standard InChI is InChI=1S/C24H21N5O2/c30-22-21-25-12-14-28(21)20-19(27-22)17-9-4-5-10-18(17)24(20)11-6-13-29(24)23(31)26-15-16-7-2-1-3-8-16/h1-5,7-10,12,14H,6,11,13,15H2,(H,26,31)(H,27,30). The Balaban J connectivity index is 1.50. The summed E-state index contributed by atoms with van der Waals surface area (Å²) in [6.45, 7) is 1.11. The molecule has 1 unspecified atom stereocenters. The van der Waals surface area contributed by atoms with E-state index in [-0.39, 0.29) is 11.6 Å². The number of carbonyl (C=O) groups excluding carboxylic acids is 1. The number of hydrogen-bond acceptors (Lipinski definition) is 3. The van der Waals surface area contributed by atoms with Crippen LogP contribution in [0.4, 0.5) is 4.79 Å². The van der Waals surface area contributed by atoms with Crippen molar-refractivity contribution >= 4 is 11.7 Å². The molecule has 1 aliphatic carbocycles. The molecule has 1 spiro atoms. The minimum atomic E-state index is -0.643. The van der Waals surface area contributed by atoms with Gasteiger partial charge in [-0.1, -0.05) is 54.6 Å². The lowest BCUT2D eigenvalue weighted by Crippen LogP contribution is -2.50. The van der Waals surface area contributed by atoms with E-state index in [1.54, 1.807) is 6.20 Å². The number of imidazole rings is 1. The number of hydrogen-bond donors (Lipinski definition) is 2. The van der Waals surface area contributed by atoms with Gasteiger partial charge in [0.25, 0.3) is 5.56 Å². The highest BCUT2D eigenvalue weighted by atomic mass is 16.2. The fourth-order valence-electron chi connectivity index (χ4n) is 5.28. The number of rotatable bonds is 2. The lowest BCUT2D eigenvalue weighted by atomic mass is 9.87. The van der Waals surface area contributed by atoms with Crippen molar-refractivity contribution in [2.75, 3.05) is 6.54 Å². The zero-order valence-corrected chi connectivity index (χ0v) is 16.8. The first-order valence-corrected chi connectivity index (χ1v) is 10.5. The Labute approximate surface area is 178 Å².